The van der Waals surface area contributed by atoms with Crippen molar-refractivity contribution in [1.82, 2.24) is 21.3 Å². The molecule has 0 aliphatic heterocycles. The summed E-state index contributed by atoms with van der Waals surface area (Å²) < 4.78 is 0. The van der Waals surface area contributed by atoms with E-state index >= 15 is 0 Å². The molecule has 0 bridgehead atoms. The molecule has 0 aliphatic carbocycles. The van der Waals surface area contributed by atoms with Crippen LogP contribution < -0.4 is 21.3 Å². The molecule has 1 unspecified atom stereocenters. The SMILES string of the molecule is CCCCCCCCCCCCCCCCNC(=O)NCC(NC(C)=O)C(=O)NC(C)(C)C(C)(C)CCC. The zero-order chi connectivity index (χ0) is 28.9. The first-order valence-corrected chi connectivity index (χ1v) is 15.6. The Balaban J connectivity index is 4.07. The summed E-state index contributed by atoms with van der Waals surface area (Å²) in [6.07, 6.45) is 20.2. The van der Waals surface area contributed by atoms with Crippen LogP contribution in [0.3, 0.4) is 0 Å². The lowest BCUT2D eigenvalue weighted by Crippen LogP contribution is -2.60. The maximum atomic E-state index is 13.0. The maximum absolute atomic E-state index is 13.0. The molecule has 7 nitrogen and oxygen atoms in total. The first-order valence-electron chi connectivity index (χ1n) is 15.6. The Bertz CT molecular complexity index is 649. The standard InChI is InChI=1S/C31H62N4O3/c1-8-10-11-12-13-14-15-16-17-18-19-20-21-22-24-32-29(38)33-25-27(34-26(3)36)28(37)35-31(6,7)30(4,5)23-9-2/h27H,8-25H2,1-7H3,(H,34,36)(H,35,37)(H2,32,33,38). The lowest BCUT2D eigenvalue weighted by molar-refractivity contribution is -0.130. The van der Waals surface area contributed by atoms with Gasteiger partial charge in [-0.25, -0.2) is 4.79 Å². The second-order valence-electron chi connectivity index (χ2n) is 12.2. The third-order valence-electron chi connectivity index (χ3n) is 7.98. The van der Waals surface area contributed by atoms with Gasteiger partial charge in [0.1, 0.15) is 6.04 Å². The van der Waals surface area contributed by atoms with Gasteiger partial charge in [0.25, 0.3) is 0 Å². The summed E-state index contributed by atoms with van der Waals surface area (Å²) in [5.74, 6) is -0.595. The number of hydrogen-bond donors (Lipinski definition) is 4. The van der Waals surface area contributed by atoms with Gasteiger partial charge < -0.3 is 21.3 Å². The molecule has 0 aromatic heterocycles. The Morgan fingerprint density at radius 3 is 1.58 bits per heavy atom. The average molecular weight is 539 g/mol. The molecule has 0 aliphatic rings. The first kappa shape index (κ1) is 36.2. The Hall–Kier alpha value is -1.79. The van der Waals surface area contributed by atoms with Crippen molar-refractivity contribution < 1.29 is 14.4 Å². The minimum Gasteiger partial charge on any atom is -0.349 e. The number of nitrogens with one attached hydrogen (secondary N) is 4. The van der Waals surface area contributed by atoms with Crippen molar-refractivity contribution in [2.75, 3.05) is 13.1 Å². The first-order chi connectivity index (χ1) is 18.0. The van der Waals surface area contributed by atoms with Crippen molar-refractivity contribution in [2.45, 2.75) is 163 Å². The quantitative estimate of drug-likeness (QED) is 0.105. The lowest BCUT2D eigenvalue weighted by Gasteiger charge is -2.43. The van der Waals surface area contributed by atoms with Crippen LogP contribution in [0.25, 0.3) is 0 Å². The van der Waals surface area contributed by atoms with Crippen LogP contribution in [0.5, 0.6) is 0 Å². The van der Waals surface area contributed by atoms with E-state index in [1.54, 1.807) is 0 Å². The number of hydrogen-bond acceptors (Lipinski definition) is 3. The minimum atomic E-state index is -0.823. The predicted octanol–water partition coefficient (Wildman–Crippen LogP) is 6.99. The molecule has 0 aromatic carbocycles. The number of rotatable bonds is 23. The van der Waals surface area contributed by atoms with Gasteiger partial charge in [0.05, 0.1) is 0 Å². The van der Waals surface area contributed by atoms with E-state index in [-0.39, 0.29) is 29.8 Å². The van der Waals surface area contributed by atoms with Crippen LogP contribution in [0.2, 0.25) is 0 Å². The summed E-state index contributed by atoms with van der Waals surface area (Å²) in [5, 5.41) is 11.4. The van der Waals surface area contributed by atoms with Crippen LogP contribution in [-0.2, 0) is 9.59 Å². The molecule has 0 saturated heterocycles. The zero-order valence-corrected chi connectivity index (χ0v) is 26.0. The molecule has 0 radical (unpaired) electrons. The molecule has 1 atom stereocenters. The number of carbonyl (C=O) groups excluding carboxylic acids is 3. The highest BCUT2D eigenvalue weighted by Crippen LogP contribution is 2.35. The van der Waals surface area contributed by atoms with Crippen molar-refractivity contribution in [3.05, 3.63) is 0 Å². The Labute approximate surface area is 234 Å². The Morgan fingerprint density at radius 1 is 0.658 bits per heavy atom. The van der Waals surface area contributed by atoms with E-state index < -0.39 is 11.6 Å². The molecule has 4 N–H and O–H groups in total. The second-order valence-corrected chi connectivity index (χ2v) is 12.2. The fraction of sp³-hybridized carbons (Fsp3) is 0.903. The molecule has 0 heterocycles. The average Bonchev–Trinajstić information content (AvgIpc) is 2.83. The van der Waals surface area contributed by atoms with Gasteiger partial charge in [0.2, 0.25) is 11.8 Å². The number of amides is 4. The summed E-state index contributed by atoms with van der Waals surface area (Å²) in [5.41, 5.74) is -0.580. The number of carbonyl (C=O) groups is 3. The summed E-state index contributed by atoms with van der Waals surface area (Å²) in [6, 6.07) is -1.13. The van der Waals surface area contributed by atoms with Gasteiger partial charge in [-0.3, -0.25) is 9.59 Å². The van der Waals surface area contributed by atoms with E-state index in [1.807, 2.05) is 13.8 Å². The third kappa shape index (κ3) is 17.7. The van der Waals surface area contributed by atoms with Crippen LogP contribution in [0.15, 0.2) is 0 Å². The molecule has 0 fully saturated rings. The van der Waals surface area contributed by atoms with Crippen LogP contribution in [-0.4, -0.2) is 42.5 Å². The highest BCUT2D eigenvalue weighted by atomic mass is 16.2. The summed E-state index contributed by atoms with van der Waals surface area (Å²) in [6.45, 7) is 14.7. The molecule has 0 saturated carbocycles. The largest absolute Gasteiger partial charge is 0.349 e. The summed E-state index contributed by atoms with van der Waals surface area (Å²) in [7, 11) is 0. The molecule has 0 aromatic rings. The van der Waals surface area contributed by atoms with Crippen molar-refractivity contribution in [2.24, 2.45) is 5.41 Å². The molecular weight excluding hydrogens is 476 g/mol. The van der Waals surface area contributed by atoms with Crippen LogP contribution in [0.4, 0.5) is 4.79 Å². The van der Waals surface area contributed by atoms with Gasteiger partial charge in [-0.1, -0.05) is 118 Å². The molecule has 224 valence electrons. The van der Waals surface area contributed by atoms with Gasteiger partial charge in [-0.05, 0) is 32.1 Å². The topological polar surface area (TPSA) is 99.3 Å². The van der Waals surface area contributed by atoms with Crippen molar-refractivity contribution >= 4 is 17.8 Å². The third-order valence-corrected chi connectivity index (χ3v) is 7.98. The fourth-order valence-corrected chi connectivity index (χ4v) is 4.74. The van der Waals surface area contributed by atoms with E-state index in [4.69, 9.17) is 0 Å². The van der Waals surface area contributed by atoms with Gasteiger partial charge in [-0.2, -0.15) is 0 Å². The highest BCUT2D eigenvalue weighted by Gasteiger charge is 2.38. The van der Waals surface area contributed by atoms with E-state index in [0.717, 1.165) is 25.7 Å². The second kappa shape index (κ2) is 21.1. The smallest absolute Gasteiger partial charge is 0.314 e. The normalized spacial score (nSPS) is 12.6. The number of unbranched alkanes of at least 4 members (excludes halogenated alkanes) is 13. The van der Waals surface area contributed by atoms with Gasteiger partial charge in [0.15, 0.2) is 0 Å². The molecule has 7 heteroatoms. The Kier molecular flexibility index (Phi) is 20.1. The van der Waals surface area contributed by atoms with Gasteiger partial charge in [-0.15, -0.1) is 0 Å². The molecular formula is C31H62N4O3. The predicted molar refractivity (Wildman–Crippen MR) is 160 cm³/mol. The zero-order valence-electron chi connectivity index (χ0n) is 26.0. The lowest BCUT2D eigenvalue weighted by atomic mass is 9.71. The van der Waals surface area contributed by atoms with E-state index in [1.165, 1.54) is 84.0 Å². The fourth-order valence-electron chi connectivity index (χ4n) is 4.74. The van der Waals surface area contributed by atoms with Crippen LogP contribution in [0, 0.1) is 5.41 Å². The summed E-state index contributed by atoms with van der Waals surface area (Å²) in [4.78, 5) is 36.9. The van der Waals surface area contributed by atoms with E-state index in [0.29, 0.717) is 6.54 Å². The van der Waals surface area contributed by atoms with E-state index in [9.17, 15) is 14.4 Å². The Morgan fingerprint density at radius 2 is 1.13 bits per heavy atom. The van der Waals surface area contributed by atoms with Gasteiger partial charge in [0, 0.05) is 25.6 Å². The van der Waals surface area contributed by atoms with Crippen LogP contribution in [0.1, 0.15) is 151 Å². The minimum absolute atomic E-state index is 0.0419. The van der Waals surface area contributed by atoms with Crippen molar-refractivity contribution in [3.63, 3.8) is 0 Å². The maximum Gasteiger partial charge on any atom is 0.314 e. The van der Waals surface area contributed by atoms with Crippen LogP contribution >= 0.6 is 0 Å². The highest BCUT2D eigenvalue weighted by molar-refractivity contribution is 5.88. The van der Waals surface area contributed by atoms with Crippen molar-refractivity contribution in [3.8, 4) is 0 Å². The monoisotopic (exact) mass is 538 g/mol. The van der Waals surface area contributed by atoms with Crippen molar-refractivity contribution in [1.29, 1.82) is 0 Å². The van der Waals surface area contributed by atoms with E-state index in [2.05, 4.69) is 49.0 Å². The molecule has 0 rings (SSSR count). The summed E-state index contributed by atoms with van der Waals surface area (Å²) >= 11 is 0. The van der Waals surface area contributed by atoms with Gasteiger partial charge >= 0.3 is 6.03 Å². The molecule has 4 amide bonds. The molecule has 0 spiro atoms. The molecule has 38 heavy (non-hydrogen) atoms. The number of urea groups is 1.